The van der Waals surface area contributed by atoms with Crippen LogP contribution in [0.1, 0.15) is 38.0 Å². The van der Waals surface area contributed by atoms with Crippen LogP contribution in [0.2, 0.25) is 0 Å². The molecule has 1 aliphatic carbocycles. The summed E-state index contributed by atoms with van der Waals surface area (Å²) in [6.45, 7) is 0. The predicted octanol–water partition coefficient (Wildman–Crippen LogP) is 3.77. The minimum Gasteiger partial charge on any atom is -0.421 e. The van der Waals surface area contributed by atoms with E-state index in [1.54, 1.807) is 12.1 Å². The summed E-state index contributed by atoms with van der Waals surface area (Å²) in [4.78, 5) is 10.2. The Bertz CT molecular complexity index is 615. The van der Waals surface area contributed by atoms with E-state index in [1.165, 1.54) is 44.2 Å². The van der Waals surface area contributed by atoms with E-state index in [0.717, 1.165) is 6.42 Å². The third-order valence-corrected chi connectivity index (χ3v) is 3.98. The summed E-state index contributed by atoms with van der Waals surface area (Å²) in [6.07, 6.45) is 7.20. The Hall–Kier alpha value is -2.24. The molecule has 0 aliphatic heterocycles. The fraction of sp³-hybridized carbons (Fsp3) is 0.467. The Morgan fingerprint density at radius 2 is 1.86 bits per heavy atom. The van der Waals surface area contributed by atoms with Gasteiger partial charge in [-0.05, 0) is 30.9 Å². The molecule has 1 fully saturated rings. The Balaban J connectivity index is 1.70. The minimum atomic E-state index is -0.425. The molecule has 0 atom stereocenters. The van der Waals surface area contributed by atoms with Crippen molar-refractivity contribution in [1.82, 2.24) is 10.2 Å². The molecule has 110 valence electrons. The van der Waals surface area contributed by atoms with E-state index in [2.05, 4.69) is 10.2 Å². The number of hydrogen-bond acceptors (Lipinski definition) is 5. The van der Waals surface area contributed by atoms with Crippen LogP contribution in [-0.2, 0) is 6.42 Å². The molecule has 0 bridgehead atoms. The number of rotatable bonds is 4. The molecule has 3 rings (SSSR count). The van der Waals surface area contributed by atoms with Gasteiger partial charge in [0.15, 0.2) is 0 Å². The van der Waals surface area contributed by atoms with Gasteiger partial charge >= 0.3 is 0 Å². The van der Waals surface area contributed by atoms with Crippen LogP contribution in [0.25, 0.3) is 11.5 Å². The van der Waals surface area contributed by atoms with E-state index < -0.39 is 4.92 Å². The molecular formula is C15H17N3O3. The van der Waals surface area contributed by atoms with Crippen LogP contribution in [0.4, 0.5) is 5.69 Å². The molecule has 6 heteroatoms. The smallest absolute Gasteiger partial charge is 0.269 e. The summed E-state index contributed by atoms with van der Waals surface area (Å²) in [5, 5.41) is 18.8. The summed E-state index contributed by atoms with van der Waals surface area (Å²) in [5.41, 5.74) is 0.767. The highest BCUT2D eigenvalue weighted by molar-refractivity contribution is 5.55. The zero-order chi connectivity index (χ0) is 14.7. The second-order valence-corrected chi connectivity index (χ2v) is 5.51. The second-order valence-electron chi connectivity index (χ2n) is 5.51. The number of hydrogen-bond donors (Lipinski definition) is 0. The first kappa shape index (κ1) is 13.7. The zero-order valence-electron chi connectivity index (χ0n) is 11.7. The number of non-ortho nitro benzene ring substituents is 1. The van der Waals surface area contributed by atoms with E-state index >= 15 is 0 Å². The molecule has 1 saturated carbocycles. The highest BCUT2D eigenvalue weighted by Crippen LogP contribution is 2.28. The van der Waals surface area contributed by atoms with Crippen molar-refractivity contribution in [3.63, 3.8) is 0 Å². The maximum absolute atomic E-state index is 10.6. The van der Waals surface area contributed by atoms with Crippen molar-refractivity contribution in [2.45, 2.75) is 38.5 Å². The van der Waals surface area contributed by atoms with Gasteiger partial charge in [-0.1, -0.05) is 19.3 Å². The Morgan fingerprint density at radius 1 is 1.14 bits per heavy atom. The van der Waals surface area contributed by atoms with Gasteiger partial charge in [-0.25, -0.2) is 0 Å². The monoisotopic (exact) mass is 287 g/mol. The maximum atomic E-state index is 10.6. The van der Waals surface area contributed by atoms with Gasteiger partial charge in [-0.15, -0.1) is 10.2 Å². The van der Waals surface area contributed by atoms with E-state index in [9.17, 15) is 10.1 Å². The molecule has 0 saturated heterocycles. The Labute approximate surface area is 122 Å². The maximum Gasteiger partial charge on any atom is 0.269 e. The second kappa shape index (κ2) is 6.03. The van der Waals surface area contributed by atoms with Gasteiger partial charge in [0.1, 0.15) is 0 Å². The minimum absolute atomic E-state index is 0.0562. The topological polar surface area (TPSA) is 82.1 Å². The van der Waals surface area contributed by atoms with Gasteiger partial charge in [0.25, 0.3) is 5.69 Å². The van der Waals surface area contributed by atoms with Gasteiger partial charge in [-0.2, -0.15) is 0 Å². The Morgan fingerprint density at radius 3 is 2.52 bits per heavy atom. The van der Waals surface area contributed by atoms with Crippen molar-refractivity contribution < 1.29 is 9.34 Å². The predicted molar refractivity (Wildman–Crippen MR) is 76.7 cm³/mol. The lowest BCUT2D eigenvalue weighted by Crippen LogP contribution is -2.09. The number of nitro benzene ring substituents is 1. The molecule has 2 aromatic rings. The first-order chi connectivity index (χ1) is 10.2. The largest absolute Gasteiger partial charge is 0.421 e. The molecule has 0 unspecified atom stereocenters. The van der Waals surface area contributed by atoms with Crippen molar-refractivity contribution in [2.75, 3.05) is 0 Å². The van der Waals surface area contributed by atoms with E-state index in [1.807, 2.05) is 0 Å². The zero-order valence-corrected chi connectivity index (χ0v) is 11.7. The molecule has 6 nitrogen and oxygen atoms in total. The molecule has 1 aliphatic rings. The van der Waals surface area contributed by atoms with E-state index in [-0.39, 0.29) is 5.69 Å². The summed E-state index contributed by atoms with van der Waals surface area (Å²) < 4.78 is 5.68. The summed E-state index contributed by atoms with van der Waals surface area (Å²) >= 11 is 0. The van der Waals surface area contributed by atoms with Gasteiger partial charge in [0.2, 0.25) is 11.8 Å². The fourth-order valence-electron chi connectivity index (χ4n) is 2.82. The van der Waals surface area contributed by atoms with Gasteiger partial charge < -0.3 is 4.42 Å². The van der Waals surface area contributed by atoms with Gasteiger partial charge in [0, 0.05) is 24.1 Å². The van der Waals surface area contributed by atoms with Crippen LogP contribution >= 0.6 is 0 Å². The number of nitrogens with zero attached hydrogens (tertiary/aromatic N) is 3. The van der Waals surface area contributed by atoms with Gasteiger partial charge in [0.05, 0.1) is 4.92 Å². The van der Waals surface area contributed by atoms with Crippen molar-refractivity contribution in [1.29, 1.82) is 0 Å². The number of benzene rings is 1. The van der Waals surface area contributed by atoms with Crippen molar-refractivity contribution in [3.8, 4) is 11.5 Å². The molecular weight excluding hydrogens is 270 g/mol. The summed E-state index contributed by atoms with van der Waals surface area (Å²) in [6, 6.07) is 6.16. The fourth-order valence-corrected chi connectivity index (χ4v) is 2.82. The van der Waals surface area contributed by atoms with Crippen molar-refractivity contribution in [2.24, 2.45) is 5.92 Å². The molecule has 0 N–H and O–H groups in total. The van der Waals surface area contributed by atoms with Crippen molar-refractivity contribution in [3.05, 3.63) is 40.3 Å². The van der Waals surface area contributed by atoms with Crippen LogP contribution in [0.5, 0.6) is 0 Å². The van der Waals surface area contributed by atoms with Crippen molar-refractivity contribution >= 4 is 5.69 Å². The standard InChI is InChI=1S/C15H17N3O3/c19-18(20)13-8-6-12(7-9-13)15-17-16-14(21-15)10-11-4-2-1-3-5-11/h6-9,11H,1-5,10H2. The molecule has 21 heavy (non-hydrogen) atoms. The number of aromatic nitrogens is 2. The molecule has 1 aromatic carbocycles. The van der Waals surface area contributed by atoms with Crippen LogP contribution in [0.3, 0.4) is 0 Å². The highest BCUT2D eigenvalue weighted by Gasteiger charge is 2.18. The Kier molecular flexibility index (Phi) is 3.94. The molecule has 0 spiro atoms. The lowest BCUT2D eigenvalue weighted by molar-refractivity contribution is -0.384. The van der Waals surface area contributed by atoms with Crippen LogP contribution in [0, 0.1) is 16.0 Å². The lowest BCUT2D eigenvalue weighted by Gasteiger charge is -2.19. The average Bonchev–Trinajstić information content (AvgIpc) is 2.97. The highest BCUT2D eigenvalue weighted by atomic mass is 16.6. The van der Waals surface area contributed by atoms with Crippen LogP contribution in [-0.4, -0.2) is 15.1 Å². The normalized spacial score (nSPS) is 16.0. The quantitative estimate of drug-likeness (QED) is 0.631. The number of nitro groups is 1. The lowest BCUT2D eigenvalue weighted by atomic mass is 9.87. The molecule has 1 heterocycles. The van der Waals surface area contributed by atoms with E-state index in [0.29, 0.717) is 23.3 Å². The van der Waals surface area contributed by atoms with E-state index in [4.69, 9.17) is 4.42 Å². The first-order valence-electron chi connectivity index (χ1n) is 7.29. The van der Waals surface area contributed by atoms with Crippen LogP contribution in [0.15, 0.2) is 28.7 Å². The average molecular weight is 287 g/mol. The molecule has 1 aromatic heterocycles. The summed E-state index contributed by atoms with van der Waals surface area (Å²) in [7, 11) is 0. The van der Waals surface area contributed by atoms with Gasteiger partial charge in [-0.3, -0.25) is 10.1 Å². The first-order valence-corrected chi connectivity index (χ1v) is 7.29. The molecule has 0 amide bonds. The third kappa shape index (κ3) is 3.26. The molecule has 0 radical (unpaired) electrons. The van der Waals surface area contributed by atoms with Crippen LogP contribution < -0.4 is 0 Å². The third-order valence-electron chi connectivity index (χ3n) is 3.98. The SMILES string of the molecule is O=[N+]([O-])c1ccc(-c2nnc(CC3CCCCC3)o2)cc1. The summed E-state index contributed by atoms with van der Waals surface area (Å²) in [5.74, 6) is 1.73.